The Morgan fingerprint density at radius 3 is 2.32 bits per heavy atom. The fourth-order valence-corrected chi connectivity index (χ4v) is 3.88. The zero-order valence-electron chi connectivity index (χ0n) is 16.1. The van der Waals surface area contributed by atoms with Crippen molar-refractivity contribution in [3.63, 3.8) is 0 Å². The Labute approximate surface area is 174 Å². The van der Waals surface area contributed by atoms with Crippen LogP contribution in [-0.2, 0) is 14.8 Å². The summed E-state index contributed by atoms with van der Waals surface area (Å²) >= 11 is 0. The van der Waals surface area contributed by atoms with Gasteiger partial charge in [-0.1, -0.05) is 6.92 Å². The van der Waals surface area contributed by atoms with E-state index in [-0.39, 0.29) is 22.6 Å². The first kappa shape index (κ1) is 22.0. The Morgan fingerprint density at radius 1 is 1.06 bits per heavy atom. The molecular weight excluding hydrogens is 432 g/mol. The van der Waals surface area contributed by atoms with Gasteiger partial charge in [-0.05, 0) is 36.4 Å². The molecule has 4 N–H and O–H groups in total. The summed E-state index contributed by atoms with van der Waals surface area (Å²) in [7, 11) is -4.09. The fraction of sp³-hybridized carbons (Fsp3) is 0.100. The van der Waals surface area contributed by atoms with Crippen molar-refractivity contribution in [2.45, 2.75) is 18.2 Å². The van der Waals surface area contributed by atoms with Crippen molar-refractivity contribution in [3.8, 4) is 0 Å². The van der Waals surface area contributed by atoms with Crippen molar-refractivity contribution < 1.29 is 27.1 Å². The molecule has 2 aromatic carbocycles. The third-order valence-corrected chi connectivity index (χ3v) is 5.61. The van der Waals surface area contributed by atoms with E-state index in [4.69, 9.17) is 5.11 Å². The van der Waals surface area contributed by atoms with Gasteiger partial charge in [-0.25, -0.2) is 17.2 Å². The van der Waals surface area contributed by atoms with Crippen LogP contribution in [0.4, 0.5) is 14.5 Å². The molecular formula is C20H17F2N3O5S. The van der Waals surface area contributed by atoms with Crippen molar-refractivity contribution in [2.24, 2.45) is 0 Å². The Hall–Kier alpha value is -3.73. The van der Waals surface area contributed by atoms with Crippen molar-refractivity contribution in [1.29, 1.82) is 0 Å². The Kier molecular flexibility index (Phi) is 6.07. The maximum Gasteiger partial charge on any atom is 0.303 e. The minimum atomic E-state index is -4.09. The van der Waals surface area contributed by atoms with Crippen LogP contribution in [0.15, 0.2) is 58.4 Å². The summed E-state index contributed by atoms with van der Waals surface area (Å²) in [5, 5.41) is 8.81. The number of sulfonamides is 1. The number of aromatic amines is 2. The lowest BCUT2D eigenvalue weighted by Gasteiger charge is -2.10. The average Bonchev–Trinajstić information content (AvgIpc) is 3.18. The number of aromatic nitrogens is 2. The monoisotopic (exact) mass is 449 g/mol. The molecule has 0 bridgehead atoms. The highest BCUT2D eigenvalue weighted by molar-refractivity contribution is 7.92. The van der Waals surface area contributed by atoms with Crippen molar-refractivity contribution in [3.05, 3.63) is 70.6 Å². The molecule has 0 atom stereocenters. The number of benzene rings is 2. The Bertz CT molecular complexity index is 1420. The zero-order valence-corrected chi connectivity index (χ0v) is 16.9. The minimum Gasteiger partial charge on any atom is -0.481 e. The first-order valence-corrected chi connectivity index (χ1v) is 10.4. The van der Waals surface area contributed by atoms with E-state index in [1.54, 1.807) is 19.2 Å². The predicted octanol–water partition coefficient (Wildman–Crippen LogP) is 3.57. The van der Waals surface area contributed by atoms with Crippen LogP contribution in [0.3, 0.4) is 0 Å². The molecule has 0 amide bonds. The second-order valence-electron chi connectivity index (χ2n) is 6.44. The topological polar surface area (TPSA) is 132 Å². The number of pyridine rings is 1. The SMILES string of the molecule is CCC(=O)O.O=c1[nH]c2ccc(S(=O)(=O)Nc3cc(F)cc(F)c3)cc2c2cc[nH]c12. The van der Waals surface area contributed by atoms with E-state index in [1.165, 1.54) is 18.2 Å². The van der Waals surface area contributed by atoms with Crippen LogP contribution < -0.4 is 10.3 Å². The van der Waals surface area contributed by atoms with Crippen LogP contribution in [-0.4, -0.2) is 29.5 Å². The normalized spacial score (nSPS) is 11.2. The van der Waals surface area contributed by atoms with E-state index in [0.29, 0.717) is 27.9 Å². The lowest BCUT2D eigenvalue weighted by molar-refractivity contribution is -0.136. The molecule has 162 valence electrons. The first-order chi connectivity index (χ1) is 14.6. The molecule has 0 aliphatic rings. The van der Waals surface area contributed by atoms with Crippen LogP contribution in [0.1, 0.15) is 13.3 Å². The number of carboxylic acids is 1. The third kappa shape index (κ3) is 4.89. The first-order valence-electron chi connectivity index (χ1n) is 8.94. The molecule has 2 heterocycles. The maximum absolute atomic E-state index is 13.3. The van der Waals surface area contributed by atoms with E-state index >= 15 is 0 Å². The minimum absolute atomic E-state index is 0.107. The number of H-pyrrole nitrogens is 2. The molecule has 0 aliphatic carbocycles. The van der Waals surface area contributed by atoms with Crippen LogP contribution in [0, 0.1) is 11.6 Å². The number of anilines is 1. The highest BCUT2D eigenvalue weighted by Crippen LogP contribution is 2.25. The lowest BCUT2D eigenvalue weighted by atomic mass is 10.1. The van der Waals surface area contributed by atoms with E-state index < -0.39 is 27.6 Å². The molecule has 0 unspecified atom stereocenters. The predicted molar refractivity (Wildman–Crippen MR) is 112 cm³/mol. The molecule has 4 aromatic rings. The molecule has 0 saturated heterocycles. The van der Waals surface area contributed by atoms with E-state index in [9.17, 15) is 26.8 Å². The largest absolute Gasteiger partial charge is 0.481 e. The molecule has 0 aliphatic heterocycles. The maximum atomic E-state index is 13.3. The standard InChI is InChI=1S/C17H11F2N3O3S.C3H6O2/c18-9-5-10(19)7-11(6-9)22-26(24,25)12-1-2-15-14(8-12)13-3-4-20-16(13)17(23)21-15;1-2-3(4)5/h1-8,20,22H,(H,21,23);2H2,1H3,(H,4,5). The lowest BCUT2D eigenvalue weighted by Crippen LogP contribution is -2.13. The molecule has 11 heteroatoms. The number of carboxylic acid groups (broad SMARTS) is 1. The van der Waals surface area contributed by atoms with Crippen molar-refractivity contribution in [1.82, 2.24) is 9.97 Å². The smallest absolute Gasteiger partial charge is 0.303 e. The van der Waals surface area contributed by atoms with Gasteiger partial charge in [0.1, 0.15) is 17.2 Å². The number of nitrogens with one attached hydrogen (secondary N) is 3. The van der Waals surface area contributed by atoms with Crippen LogP contribution in [0.25, 0.3) is 21.8 Å². The molecule has 0 fully saturated rings. The van der Waals surface area contributed by atoms with Gasteiger partial charge in [-0.3, -0.25) is 14.3 Å². The number of carbonyl (C=O) groups is 1. The average molecular weight is 449 g/mol. The zero-order chi connectivity index (χ0) is 22.8. The third-order valence-electron chi connectivity index (χ3n) is 4.23. The van der Waals surface area contributed by atoms with Gasteiger partial charge in [0.2, 0.25) is 0 Å². The van der Waals surface area contributed by atoms with Crippen molar-refractivity contribution >= 4 is 43.5 Å². The Balaban J connectivity index is 0.000000491. The molecule has 4 rings (SSSR count). The van der Waals surface area contributed by atoms with Gasteiger partial charge in [-0.15, -0.1) is 0 Å². The number of aliphatic carboxylic acids is 1. The summed E-state index contributed by atoms with van der Waals surface area (Å²) < 4.78 is 53.9. The van der Waals surface area contributed by atoms with Gasteiger partial charge in [0.25, 0.3) is 15.6 Å². The quantitative estimate of drug-likeness (QED) is 0.378. The van der Waals surface area contributed by atoms with E-state index in [0.717, 1.165) is 12.1 Å². The number of hydrogen-bond acceptors (Lipinski definition) is 4. The second kappa shape index (κ2) is 8.56. The van der Waals surface area contributed by atoms with Gasteiger partial charge in [-0.2, -0.15) is 0 Å². The van der Waals surface area contributed by atoms with Crippen LogP contribution >= 0.6 is 0 Å². The molecule has 8 nitrogen and oxygen atoms in total. The van der Waals surface area contributed by atoms with Gasteiger partial charge >= 0.3 is 5.97 Å². The summed E-state index contributed by atoms with van der Waals surface area (Å²) in [5.74, 6) is -2.54. The van der Waals surface area contributed by atoms with E-state index in [2.05, 4.69) is 14.7 Å². The summed E-state index contributed by atoms with van der Waals surface area (Å²) in [6.45, 7) is 1.60. The molecule has 0 radical (unpaired) electrons. The number of fused-ring (bicyclic) bond motifs is 3. The van der Waals surface area contributed by atoms with Gasteiger partial charge in [0.05, 0.1) is 10.6 Å². The van der Waals surface area contributed by atoms with Gasteiger partial charge < -0.3 is 15.1 Å². The van der Waals surface area contributed by atoms with E-state index in [1.807, 2.05) is 0 Å². The molecule has 0 spiro atoms. The molecule has 0 saturated carbocycles. The van der Waals surface area contributed by atoms with Crippen LogP contribution in [0.2, 0.25) is 0 Å². The number of rotatable bonds is 4. The molecule has 31 heavy (non-hydrogen) atoms. The number of halogens is 2. The van der Waals surface area contributed by atoms with Gasteiger partial charge in [0.15, 0.2) is 0 Å². The second-order valence-corrected chi connectivity index (χ2v) is 8.12. The summed E-state index contributed by atoms with van der Waals surface area (Å²) in [4.78, 5) is 26.7. The van der Waals surface area contributed by atoms with Crippen LogP contribution in [0.5, 0.6) is 0 Å². The Morgan fingerprint density at radius 2 is 1.71 bits per heavy atom. The fourth-order valence-electron chi connectivity index (χ4n) is 2.82. The number of hydrogen-bond donors (Lipinski definition) is 4. The van der Waals surface area contributed by atoms with Gasteiger partial charge in [0, 0.05) is 35.0 Å². The summed E-state index contributed by atoms with van der Waals surface area (Å²) in [5.41, 5.74) is 0.252. The van der Waals surface area contributed by atoms with Crippen molar-refractivity contribution in [2.75, 3.05) is 4.72 Å². The highest BCUT2D eigenvalue weighted by Gasteiger charge is 2.17. The summed E-state index contributed by atoms with van der Waals surface area (Å²) in [6.07, 6.45) is 1.80. The summed E-state index contributed by atoms with van der Waals surface area (Å²) in [6, 6.07) is 8.22. The molecule has 2 aromatic heterocycles. The highest BCUT2D eigenvalue weighted by atomic mass is 32.2.